The average Bonchev–Trinajstić information content (AvgIpc) is 2.33. The minimum absolute atomic E-state index is 0.540. The molecule has 3 heterocycles. The Bertz CT molecular complexity index is 289. The van der Waals surface area contributed by atoms with Crippen molar-refractivity contribution in [3.63, 3.8) is 0 Å². The van der Waals surface area contributed by atoms with Gasteiger partial charge in [-0.05, 0) is 39.7 Å². The van der Waals surface area contributed by atoms with Gasteiger partial charge >= 0.3 is 0 Å². The van der Waals surface area contributed by atoms with Crippen molar-refractivity contribution in [2.45, 2.75) is 50.7 Å². The lowest BCUT2D eigenvalue weighted by molar-refractivity contribution is -0.0327. The quantitative estimate of drug-likeness (QED) is 0.758. The molecule has 2 N–H and O–H groups in total. The first-order valence-corrected chi connectivity index (χ1v) is 8.12. The van der Waals surface area contributed by atoms with Crippen LogP contribution in [0.3, 0.4) is 0 Å². The molecular formula is C15H30N4. The van der Waals surface area contributed by atoms with Crippen LogP contribution in [0.5, 0.6) is 0 Å². The normalized spacial score (nSPS) is 30.6. The number of nitrogens with zero attached hydrogens (tertiary/aromatic N) is 2. The van der Waals surface area contributed by atoms with E-state index in [1.807, 2.05) is 0 Å². The smallest absolute Gasteiger partial charge is 0.0449 e. The fourth-order valence-corrected chi connectivity index (χ4v) is 3.76. The molecule has 19 heavy (non-hydrogen) atoms. The molecule has 3 aliphatic rings. The SMILES string of the molecule is CC(CCC(C)N1CC2(CCN2)C1)N1CCNCC1. The Kier molecular flexibility index (Phi) is 4.13. The molecule has 0 radical (unpaired) electrons. The summed E-state index contributed by atoms with van der Waals surface area (Å²) in [5.74, 6) is 0. The summed E-state index contributed by atoms with van der Waals surface area (Å²) < 4.78 is 0. The van der Waals surface area contributed by atoms with Crippen LogP contribution in [0.4, 0.5) is 0 Å². The fourth-order valence-electron chi connectivity index (χ4n) is 3.76. The van der Waals surface area contributed by atoms with E-state index >= 15 is 0 Å². The van der Waals surface area contributed by atoms with Crippen LogP contribution >= 0.6 is 0 Å². The molecule has 0 aromatic rings. The third-order valence-electron chi connectivity index (χ3n) is 5.52. The first kappa shape index (κ1) is 13.8. The highest BCUT2D eigenvalue weighted by molar-refractivity contribution is 5.09. The van der Waals surface area contributed by atoms with Gasteiger partial charge in [0.15, 0.2) is 0 Å². The van der Waals surface area contributed by atoms with Gasteiger partial charge in [-0.15, -0.1) is 0 Å². The number of nitrogens with one attached hydrogen (secondary N) is 2. The van der Waals surface area contributed by atoms with E-state index in [4.69, 9.17) is 0 Å². The van der Waals surface area contributed by atoms with Gasteiger partial charge in [-0.1, -0.05) is 0 Å². The maximum absolute atomic E-state index is 3.60. The lowest BCUT2D eigenvalue weighted by Gasteiger charge is -2.58. The Morgan fingerprint density at radius 2 is 1.53 bits per heavy atom. The van der Waals surface area contributed by atoms with Crippen LogP contribution in [-0.2, 0) is 0 Å². The molecule has 4 nitrogen and oxygen atoms in total. The van der Waals surface area contributed by atoms with Crippen LogP contribution in [0.1, 0.15) is 33.1 Å². The molecule has 110 valence electrons. The third kappa shape index (κ3) is 2.97. The summed E-state index contributed by atoms with van der Waals surface area (Å²) in [7, 11) is 0. The van der Waals surface area contributed by atoms with Gasteiger partial charge in [0, 0.05) is 56.9 Å². The van der Waals surface area contributed by atoms with Crippen molar-refractivity contribution in [2.24, 2.45) is 0 Å². The minimum Gasteiger partial charge on any atom is -0.314 e. The van der Waals surface area contributed by atoms with E-state index in [0.717, 1.165) is 12.1 Å². The van der Waals surface area contributed by atoms with Crippen LogP contribution < -0.4 is 10.6 Å². The minimum atomic E-state index is 0.540. The topological polar surface area (TPSA) is 30.5 Å². The van der Waals surface area contributed by atoms with Crippen molar-refractivity contribution in [2.75, 3.05) is 45.8 Å². The molecule has 3 saturated heterocycles. The molecule has 1 spiro atoms. The molecule has 2 atom stereocenters. The molecule has 0 aliphatic carbocycles. The molecule has 3 fully saturated rings. The van der Waals surface area contributed by atoms with Crippen molar-refractivity contribution in [1.82, 2.24) is 20.4 Å². The summed E-state index contributed by atoms with van der Waals surface area (Å²) in [6.07, 6.45) is 4.09. The van der Waals surface area contributed by atoms with Crippen LogP contribution in [0.15, 0.2) is 0 Å². The van der Waals surface area contributed by atoms with Crippen molar-refractivity contribution in [1.29, 1.82) is 0 Å². The van der Waals surface area contributed by atoms with Crippen molar-refractivity contribution in [3.05, 3.63) is 0 Å². The first-order valence-electron chi connectivity index (χ1n) is 8.12. The third-order valence-corrected chi connectivity index (χ3v) is 5.52. The number of piperazine rings is 1. The second-order valence-electron chi connectivity index (χ2n) is 6.92. The van der Waals surface area contributed by atoms with E-state index in [1.54, 1.807) is 0 Å². The highest BCUT2D eigenvalue weighted by Crippen LogP contribution is 2.32. The van der Waals surface area contributed by atoms with Crippen molar-refractivity contribution < 1.29 is 0 Å². The zero-order valence-corrected chi connectivity index (χ0v) is 12.6. The first-order chi connectivity index (χ1) is 9.19. The van der Waals surface area contributed by atoms with Crippen LogP contribution in [0, 0.1) is 0 Å². The summed E-state index contributed by atoms with van der Waals surface area (Å²) in [6, 6.07) is 1.51. The van der Waals surface area contributed by atoms with Crippen LogP contribution in [0.2, 0.25) is 0 Å². The Balaban J connectivity index is 1.35. The van der Waals surface area contributed by atoms with Gasteiger partial charge in [0.25, 0.3) is 0 Å². The average molecular weight is 266 g/mol. The Hall–Kier alpha value is -0.160. The van der Waals surface area contributed by atoms with E-state index in [-0.39, 0.29) is 0 Å². The lowest BCUT2D eigenvalue weighted by Crippen LogP contribution is -2.76. The number of hydrogen-bond acceptors (Lipinski definition) is 4. The molecule has 0 saturated carbocycles. The van der Waals surface area contributed by atoms with Crippen LogP contribution in [0.25, 0.3) is 0 Å². The van der Waals surface area contributed by atoms with E-state index in [2.05, 4.69) is 34.3 Å². The van der Waals surface area contributed by atoms with Gasteiger partial charge in [0.05, 0.1) is 0 Å². The Morgan fingerprint density at radius 1 is 0.947 bits per heavy atom. The monoisotopic (exact) mass is 266 g/mol. The second-order valence-corrected chi connectivity index (χ2v) is 6.92. The summed E-state index contributed by atoms with van der Waals surface area (Å²) >= 11 is 0. The summed E-state index contributed by atoms with van der Waals surface area (Å²) in [5, 5.41) is 7.04. The van der Waals surface area contributed by atoms with E-state index < -0.39 is 0 Å². The predicted octanol–water partition coefficient (Wildman–Crippen LogP) is 0.497. The van der Waals surface area contributed by atoms with Gasteiger partial charge < -0.3 is 10.6 Å². The van der Waals surface area contributed by atoms with Crippen LogP contribution in [-0.4, -0.2) is 73.2 Å². The zero-order valence-electron chi connectivity index (χ0n) is 12.6. The summed E-state index contributed by atoms with van der Waals surface area (Å²) in [4.78, 5) is 5.31. The van der Waals surface area contributed by atoms with E-state index in [1.165, 1.54) is 65.1 Å². The predicted molar refractivity (Wildman–Crippen MR) is 79.5 cm³/mol. The van der Waals surface area contributed by atoms with Crippen molar-refractivity contribution >= 4 is 0 Å². The zero-order chi connectivity index (χ0) is 13.3. The number of likely N-dealkylation sites (tertiary alicyclic amines) is 1. The maximum Gasteiger partial charge on any atom is 0.0449 e. The molecule has 0 aromatic carbocycles. The second kappa shape index (κ2) is 5.68. The maximum atomic E-state index is 3.60. The van der Waals surface area contributed by atoms with E-state index in [0.29, 0.717) is 5.54 Å². The van der Waals surface area contributed by atoms with Gasteiger partial charge in [0.1, 0.15) is 0 Å². The highest BCUT2D eigenvalue weighted by Gasteiger charge is 2.48. The standard InChI is InChI=1S/C15H30N4/c1-13(18-9-7-16-8-10-18)3-4-14(2)19-11-15(12-19)5-6-17-15/h13-14,16-17H,3-12H2,1-2H3. The van der Waals surface area contributed by atoms with Gasteiger partial charge in [-0.3, -0.25) is 9.80 Å². The Morgan fingerprint density at radius 3 is 2.05 bits per heavy atom. The fraction of sp³-hybridized carbons (Fsp3) is 1.00. The number of rotatable bonds is 5. The molecule has 2 unspecified atom stereocenters. The lowest BCUT2D eigenvalue weighted by atomic mass is 9.79. The Labute approximate surface area is 117 Å². The molecule has 0 aromatic heterocycles. The summed E-state index contributed by atoms with van der Waals surface area (Å²) in [5.41, 5.74) is 0.540. The molecule has 4 heteroatoms. The van der Waals surface area contributed by atoms with Gasteiger partial charge in [-0.25, -0.2) is 0 Å². The highest BCUT2D eigenvalue weighted by atomic mass is 15.3. The van der Waals surface area contributed by atoms with Gasteiger partial charge in [0.2, 0.25) is 0 Å². The molecular weight excluding hydrogens is 236 g/mol. The molecule has 3 rings (SSSR count). The van der Waals surface area contributed by atoms with Crippen molar-refractivity contribution in [3.8, 4) is 0 Å². The largest absolute Gasteiger partial charge is 0.314 e. The molecule has 3 aliphatic heterocycles. The number of hydrogen-bond donors (Lipinski definition) is 2. The summed E-state index contributed by atoms with van der Waals surface area (Å²) in [6.45, 7) is 13.4. The van der Waals surface area contributed by atoms with Gasteiger partial charge in [-0.2, -0.15) is 0 Å². The molecule has 0 amide bonds. The molecule has 0 bridgehead atoms. The van der Waals surface area contributed by atoms with E-state index in [9.17, 15) is 0 Å².